The topological polar surface area (TPSA) is 12.9 Å². The van der Waals surface area contributed by atoms with Gasteiger partial charge in [-0.05, 0) is 49.1 Å². The van der Waals surface area contributed by atoms with Gasteiger partial charge in [0.15, 0.2) is 0 Å². The highest BCUT2D eigenvalue weighted by molar-refractivity contribution is 5.24. The average Bonchev–Trinajstić information content (AvgIpc) is 2.61. The Morgan fingerprint density at radius 1 is 1.15 bits per heavy atom. The molecule has 68 valence electrons. The van der Waals surface area contributed by atoms with Crippen molar-refractivity contribution in [2.24, 2.45) is 11.8 Å². The van der Waals surface area contributed by atoms with E-state index in [1.165, 1.54) is 43.4 Å². The number of hydrogen-bond acceptors (Lipinski definition) is 1. The van der Waals surface area contributed by atoms with Gasteiger partial charge in [-0.25, -0.2) is 0 Å². The van der Waals surface area contributed by atoms with Crippen LogP contribution in [0.25, 0.3) is 0 Å². The molecule has 1 unspecified atom stereocenters. The Morgan fingerprint density at radius 3 is 2.92 bits per heavy atom. The molecule has 0 spiro atoms. The van der Waals surface area contributed by atoms with E-state index >= 15 is 0 Å². The van der Waals surface area contributed by atoms with Crippen LogP contribution in [0.1, 0.15) is 30.5 Å². The number of rotatable bonds is 0. The summed E-state index contributed by atoms with van der Waals surface area (Å²) in [6.07, 6.45) is 8.84. The molecule has 2 atom stereocenters. The lowest BCUT2D eigenvalue weighted by Crippen LogP contribution is -2.21. The van der Waals surface area contributed by atoms with Gasteiger partial charge in [0.25, 0.3) is 0 Å². The largest absolute Gasteiger partial charge is 0.261 e. The molecule has 1 nitrogen and oxygen atoms in total. The van der Waals surface area contributed by atoms with Gasteiger partial charge in [-0.1, -0.05) is 12.5 Å². The molecule has 0 N–H and O–H groups in total. The lowest BCUT2D eigenvalue weighted by atomic mass is 9.80. The van der Waals surface area contributed by atoms with E-state index in [1.54, 1.807) is 0 Å². The molecule has 3 rings (SSSR count). The molecule has 1 aromatic heterocycles. The molecule has 0 amide bonds. The minimum Gasteiger partial charge on any atom is -0.261 e. The summed E-state index contributed by atoms with van der Waals surface area (Å²) in [4.78, 5) is 4.48. The zero-order valence-electron chi connectivity index (χ0n) is 7.87. The van der Waals surface area contributed by atoms with Gasteiger partial charge in [-0.2, -0.15) is 0 Å². The molecule has 1 heteroatoms. The van der Waals surface area contributed by atoms with E-state index in [0.29, 0.717) is 0 Å². The highest BCUT2D eigenvalue weighted by Gasteiger charge is 2.32. The van der Waals surface area contributed by atoms with Crippen LogP contribution in [-0.2, 0) is 12.8 Å². The molecule has 2 aliphatic carbocycles. The molecule has 1 fully saturated rings. The monoisotopic (exact) mass is 173 g/mol. The highest BCUT2D eigenvalue weighted by Crippen LogP contribution is 2.40. The summed E-state index contributed by atoms with van der Waals surface area (Å²) in [5.41, 5.74) is 2.90. The molecule has 0 aromatic carbocycles. The van der Waals surface area contributed by atoms with Crippen LogP contribution in [0.4, 0.5) is 0 Å². The molecular formula is C12H15N. The lowest BCUT2D eigenvalue weighted by molar-refractivity contribution is 0.356. The third kappa shape index (κ3) is 1.18. The quantitative estimate of drug-likeness (QED) is 0.587. The van der Waals surface area contributed by atoms with Crippen LogP contribution >= 0.6 is 0 Å². The van der Waals surface area contributed by atoms with Crippen LogP contribution in [0.5, 0.6) is 0 Å². The van der Waals surface area contributed by atoms with Gasteiger partial charge in [0.05, 0.1) is 0 Å². The summed E-state index contributed by atoms with van der Waals surface area (Å²) < 4.78 is 0. The third-order valence-electron chi connectivity index (χ3n) is 3.74. The van der Waals surface area contributed by atoms with Crippen LogP contribution in [0.15, 0.2) is 18.3 Å². The van der Waals surface area contributed by atoms with Gasteiger partial charge >= 0.3 is 0 Å². The fourth-order valence-corrected chi connectivity index (χ4v) is 3.02. The molecule has 13 heavy (non-hydrogen) atoms. The summed E-state index contributed by atoms with van der Waals surface area (Å²) in [7, 11) is 0. The van der Waals surface area contributed by atoms with Crippen molar-refractivity contribution in [1.82, 2.24) is 4.98 Å². The maximum absolute atomic E-state index is 4.48. The van der Waals surface area contributed by atoms with E-state index in [9.17, 15) is 0 Å². The van der Waals surface area contributed by atoms with Gasteiger partial charge in [0.2, 0.25) is 0 Å². The van der Waals surface area contributed by atoms with Crippen LogP contribution in [0.2, 0.25) is 0 Å². The molecule has 0 bridgehead atoms. The first-order valence-electron chi connectivity index (χ1n) is 5.36. The molecule has 1 saturated carbocycles. The Labute approximate surface area is 79.2 Å². The zero-order valence-corrected chi connectivity index (χ0v) is 7.87. The van der Waals surface area contributed by atoms with Gasteiger partial charge < -0.3 is 0 Å². The van der Waals surface area contributed by atoms with E-state index in [1.807, 2.05) is 6.20 Å². The Hall–Kier alpha value is -0.850. The summed E-state index contributed by atoms with van der Waals surface area (Å²) >= 11 is 0. The van der Waals surface area contributed by atoms with Crippen LogP contribution in [-0.4, -0.2) is 4.98 Å². The molecule has 0 saturated heterocycles. The summed E-state index contributed by atoms with van der Waals surface area (Å²) in [6.45, 7) is 0. The predicted octanol–water partition coefficient (Wildman–Crippen LogP) is 2.60. The van der Waals surface area contributed by atoms with E-state index in [0.717, 1.165) is 11.8 Å². The normalized spacial score (nSPS) is 31.1. The van der Waals surface area contributed by atoms with Gasteiger partial charge in [-0.3, -0.25) is 4.98 Å². The number of nitrogens with zero attached hydrogens (tertiary/aromatic N) is 1. The first-order chi connectivity index (χ1) is 6.43. The van der Waals surface area contributed by atoms with Crippen LogP contribution in [0, 0.1) is 11.8 Å². The first-order valence-corrected chi connectivity index (χ1v) is 5.36. The van der Waals surface area contributed by atoms with Crippen LogP contribution in [0.3, 0.4) is 0 Å². The Balaban J connectivity index is 1.97. The van der Waals surface area contributed by atoms with Gasteiger partial charge in [-0.15, -0.1) is 0 Å². The zero-order chi connectivity index (χ0) is 8.67. The fourth-order valence-electron chi connectivity index (χ4n) is 3.02. The Morgan fingerprint density at radius 2 is 2.00 bits per heavy atom. The highest BCUT2D eigenvalue weighted by atomic mass is 14.7. The minimum atomic E-state index is 0.961. The number of hydrogen-bond donors (Lipinski definition) is 0. The van der Waals surface area contributed by atoms with Crippen molar-refractivity contribution in [1.29, 1.82) is 0 Å². The van der Waals surface area contributed by atoms with Crippen molar-refractivity contribution in [3.05, 3.63) is 29.6 Å². The number of aromatic nitrogens is 1. The second-order valence-electron chi connectivity index (χ2n) is 4.47. The second-order valence-corrected chi connectivity index (χ2v) is 4.47. The van der Waals surface area contributed by atoms with Crippen molar-refractivity contribution >= 4 is 0 Å². The van der Waals surface area contributed by atoms with Crippen molar-refractivity contribution in [3.8, 4) is 0 Å². The van der Waals surface area contributed by atoms with Crippen molar-refractivity contribution in [2.45, 2.75) is 32.1 Å². The molecule has 1 aromatic rings. The standard InChI is InChI=1S/C12H15N/c1-3-9-7-11-5-2-6-13-12(11)8-10(9)4-1/h2,5-6,9-10H,1,3-4,7-8H2/t9-,10?/m0/s1. The van der Waals surface area contributed by atoms with Crippen LogP contribution < -0.4 is 0 Å². The van der Waals surface area contributed by atoms with Gasteiger partial charge in [0, 0.05) is 11.9 Å². The van der Waals surface area contributed by atoms with Gasteiger partial charge in [0.1, 0.15) is 0 Å². The van der Waals surface area contributed by atoms with E-state index < -0.39 is 0 Å². The minimum absolute atomic E-state index is 0.961. The first kappa shape index (κ1) is 7.54. The number of pyridine rings is 1. The molecule has 0 radical (unpaired) electrons. The lowest BCUT2D eigenvalue weighted by Gasteiger charge is -2.26. The molecule has 0 aliphatic heterocycles. The Bertz CT molecular complexity index is 288. The summed E-state index contributed by atoms with van der Waals surface area (Å²) in [5.74, 6) is 1.94. The smallest absolute Gasteiger partial charge is 0.0438 e. The second kappa shape index (κ2) is 2.83. The SMILES string of the molecule is c1cnc2c(c1)C[C@@H]1CCCC1C2. The average molecular weight is 173 g/mol. The fraction of sp³-hybridized carbons (Fsp3) is 0.583. The van der Waals surface area contributed by atoms with E-state index in [2.05, 4.69) is 17.1 Å². The van der Waals surface area contributed by atoms with Crippen molar-refractivity contribution in [3.63, 3.8) is 0 Å². The maximum Gasteiger partial charge on any atom is 0.0438 e. The van der Waals surface area contributed by atoms with Crippen molar-refractivity contribution in [2.75, 3.05) is 0 Å². The maximum atomic E-state index is 4.48. The summed E-state index contributed by atoms with van der Waals surface area (Å²) in [6, 6.07) is 4.34. The molecule has 1 heterocycles. The van der Waals surface area contributed by atoms with E-state index in [-0.39, 0.29) is 0 Å². The summed E-state index contributed by atoms with van der Waals surface area (Å²) in [5, 5.41) is 0. The molecule has 2 aliphatic rings. The number of fused-ring (bicyclic) bond motifs is 2. The van der Waals surface area contributed by atoms with Crippen molar-refractivity contribution < 1.29 is 0 Å². The molecular weight excluding hydrogens is 158 g/mol. The Kier molecular flexibility index (Phi) is 1.64. The third-order valence-corrected chi connectivity index (χ3v) is 3.74. The van der Waals surface area contributed by atoms with E-state index in [4.69, 9.17) is 0 Å². The predicted molar refractivity (Wildman–Crippen MR) is 52.5 cm³/mol.